The topological polar surface area (TPSA) is 113 Å². The Bertz CT molecular complexity index is 525. The van der Waals surface area contributed by atoms with Gasteiger partial charge < -0.3 is 16.0 Å². The molecule has 0 spiro atoms. The van der Waals surface area contributed by atoms with Gasteiger partial charge in [-0.25, -0.2) is 8.42 Å². The summed E-state index contributed by atoms with van der Waals surface area (Å²) in [7, 11) is -3.57. The maximum Gasteiger partial charge on any atom is 0.158 e. The maximum absolute atomic E-state index is 11.4. The van der Waals surface area contributed by atoms with Gasteiger partial charge >= 0.3 is 0 Å². The van der Waals surface area contributed by atoms with Gasteiger partial charge in [-0.2, -0.15) is 0 Å². The first-order valence-corrected chi connectivity index (χ1v) is 6.73. The molecule has 0 saturated heterocycles. The molecule has 1 rings (SSSR count). The molecule has 1 unspecified atom stereocenters. The molecule has 1 atom stereocenters. The summed E-state index contributed by atoms with van der Waals surface area (Å²) < 4.78 is 22.9. The summed E-state index contributed by atoms with van der Waals surface area (Å²) in [4.78, 5) is 0. The van der Waals surface area contributed by atoms with E-state index in [-0.39, 0.29) is 5.71 Å². The highest BCUT2D eigenvalue weighted by Gasteiger charge is 2.27. The molecule has 0 saturated carbocycles. The molecule has 0 aliphatic heterocycles. The standard InChI is InChI=1S/C10H14N2O4S/c1-17(15,16)9(6-13)10(12-14)7-3-2-4-8(11)5-7/h2-5,9,13-14H,6,11H2,1H3/b12-10+. The highest BCUT2D eigenvalue weighted by atomic mass is 32.2. The summed E-state index contributed by atoms with van der Waals surface area (Å²) in [6.45, 7) is -0.660. The average Bonchev–Trinajstić information content (AvgIpc) is 2.23. The molecular formula is C10H14N2O4S. The molecule has 0 aromatic heterocycles. The highest BCUT2D eigenvalue weighted by molar-refractivity contribution is 7.92. The number of anilines is 1. The maximum atomic E-state index is 11.4. The third-order valence-electron chi connectivity index (χ3n) is 2.28. The minimum Gasteiger partial charge on any atom is -0.411 e. The van der Waals surface area contributed by atoms with E-state index < -0.39 is 21.7 Å². The van der Waals surface area contributed by atoms with Gasteiger partial charge in [-0.1, -0.05) is 17.3 Å². The predicted octanol–water partition coefficient (Wildman–Crippen LogP) is -0.147. The predicted molar refractivity (Wildman–Crippen MR) is 64.9 cm³/mol. The van der Waals surface area contributed by atoms with Crippen LogP contribution < -0.4 is 5.73 Å². The molecule has 1 aromatic rings. The fourth-order valence-corrected chi connectivity index (χ4v) is 2.29. The van der Waals surface area contributed by atoms with Crippen LogP contribution in [0.4, 0.5) is 5.69 Å². The van der Waals surface area contributed by atoms with Crippen molar-refractivity contribution >= 4 is 21.2 Å². The Morgan fingerprint density at radius 1 is 1.53 bits per heavy atom. The van der Waals surface area contributed by atoms with Crippen LogP contribution in [0, 0.1) is 0 Å². The van der Waals surface area contributed by atoms with E-state index in [4.69, 9.17) is 16.0 Å². The monoisotopic (exact) mass is 258 g/mol. The lowest BCUT2D eigenvalue weighted by atomic mass is 10.1. The van der Waals surface area contributed by atoms with Crippen LogP contribution in [0.5, 0.6) is 0 Å². The zero-order chi connectivity index (χ0) is 13.1. The third-order valence-corrected chi connectivity index (χ3v) is 3.68. The molecule has 6 nitrogen and oxygen atoms in total. The lowest BCUT2D eigenvalue weighted by Gasteiger charge is -2.14. The number of sulfone groups is 1. The summed E-state index contributed by atoms with van der Waals surface area (Å²) >= 11 is 0. The number of rotatable bonds is 4. The van der Waals surface area contributed by atoms with Crippen molar-refractivity contribution in [3.63, 3.8) is 0 Å². The third kappa shape index (κ3) is 3.18. The Kier molecular flexibility index (Phi) is 4.08. The SMILES string of the molecule is CS(=O)(=O)C(CO)/C(=N/O)c1cccc(N)c1. The van der Waals surface area contributed by atoms with Crippen LogP contribution in [0.3, 0.4) is 0 Å². The molecule has 0 amide bonds. The number of nitrogens with zero attached hydrogens (tertiary/aromatic N) is 1. The van der Waals surface area contributed by atoms with Crippen LogP contribution in [0.25, 0.3) is 0 Å². The minimum atomic E-state index is -3.57. The second-order valence-electron chi connectivity index (χ2n) is 3.61. The van der Waals surface area contributed by atoms with Gasteiger partial charge in [-0.3, -0.25) is 0 Å². The second kappa shape index (κ2) is 5.15. The van der Waals surface area contributed by atoms with Crippen molar-refractivity contribution < 1.29 is 18.7 Å². The number of aliphatic hydroxyl groups excluding tert-OH is 1. The Balaban J connectivity index is 3.25. The Hall–Kier alpha value is -1.60. The van der Waals surface area contributed by atoms with Crippen LogP contribution in [0.2, 0.25) is 0 Å². The largest absolute Gasteiger partial charge is 0.411 e. The molecule has 0 aliphatic rings. The first-order valence-electron chi connectivity index (χ1n) is 4.77. The Morgan fingerprint density at radius 2 is 2.18 bits per heavy atom. The van der Waals surface area contributed by atoms with E-state index in [9.17, 15) is 8.42 Å². The molecule has 94 valence electrons. The lowest BCUT2D eigenvalue weighted by molar-refractivity contribution is 0.296. The molecule has 4 N–H and O–H groups in total. The Labute approximate surface area is 99.3 Å². The first kappa shape index (κ1) is 13.5. The lowest BCUT2D eigenvalue weighted by Crippen LogP contribution is -2.33. The first-order chi connectivity index (χ1) is 7.90. The van der Waals surface area contributed by atoms with Crippen LogP contribution >= 0.6 is 0 Å². The van der Waals surface area contributed by atoms with Crippen LogP contribution in [0.1, 0.15) is 5.56 Å². The van der Waals surface area contributed by atoms with E-state index in [0.717, 1.165) is 6.26 Å². The Morgan fingerprint density at radius 3 is 2.59 bits per heavy atom. The number of hydrogen-bond acceptors (Lipinski definition) is 6. The van der Waals surface area contributed by atoms with E-state index in [1.807, 2.05) is 0 Å². The smallest absolute Gasteiger partial charge is 0.158 e. The zero-order valence-corrected chi connectivity index (χ0v) is 10.1. The van der Waals surface area contributed by atoms with Crippen molar-refractivity contribution in [2.45, 2.75) is 5.25 Å². The van der Waals surface area contributed by atoms with Crippen LogP contribution in [0.15, 0.2) is 29.4 Å². The van der Waals surface area contributed by atoms with Gasteiger partial charge in [0.25, 0.3) is 0 Å². The van der Waals surface area contributed by atoms with Crippen molar-refractivity contribution in [1.82, 2.24) is 0 Å². The van der Waals surface area contributed by atoms with E-state index in [1.54, 1.807) is 18.2 Å². The van der Waals surface area contributed by atoms with Gasteiger partial charge in [0, 0.05) is 17.5 Å². The molecule has 0 bridgehead atoms. The normalized spacial score (nSPS) is 14.6. The summed E-state index contributed by atoms with van der Waals surface area (Å²) in [6, 6.07) is 6.25. The summed E-state index contributed by atoms with van der Waals surface area (Å²) in [5.74, 6) is 0. The summed E-state index contributed by atoms with van der Waals surface area (Å²) in [6.07, 6.45) is 0.964. The van der Waals surface area contributed by atoms with Gasteiger partial charge in [-0.15, -0.1) is 0 Å². The quantitative estimate of drug-likeness (QED) is 0.301. The highest BCUT2D eigenvalue weighted by Crippen LogP contribution is 2.13. The van der Waals surface area contributed by atoms with Gasteiger partial charge in [-0.05, 0) is 12.1 Å². The van der Waals surface area contributed by atoms with Gasteiger partial charge in [0.1, 0.15) is 11.0 Å². The number of aliphatic hydroxyl groups is 1. The van der Waals surface area contributed by atoms with Crippen LogP contribution in [-0.4, -0.2) is 42.6 Å². The number of oxime groups is 1. The van der Waals surface area contributed by atoms with Crippen molar-refractivity contribution in [3.05, 3.63) is 29.8 Å². The number of benzene rings is 1. The van der Waals surface area contributed by atoms with Crippen molar-refractivity contribution in [1.29, 1.82) is 0 Å². The molecule has 0 heterocycles. The molecule has 0 aliphatic carbocycles. The van der Waals surface area contributed by atoms with Gasteiger partial charge in [0.2, 0.25) is 0 Å². The number of nitrogen functional groups attached to an aromatic ring is 1. The number of hydrogen-bond donors (Lipinski definition) is 3. The summed E-state index contributed by atoms with van der Waals surface area (Å²) in [5, 5.41) is 19.7. The van der Waals surface area contributed by atoms with Crippen molar-refractivity contribution in [3.8, 4) is 0 Å². The molecule has 1 aromatic carbocycles. The van der Waals surface area contributed by atoms with E-state index in [0.29, 0.717) is 11.3 Å². The molecule has 7 heteroatoms. The number of nitrogens with two attached hydrogens (primary N) is 1. The second-order valence-corrected chi connectivity index (χ2v) is 5.84. The van der Waals surface area contributed by atoms with E-state index in [2.05, 4.69) is 5.16 Å². The molecule has 17 heavy (non-hydrogen) atoms. The van der Waals surface area contributed by atoms with E-state index >= 15 is 0 Å². The molecule has 0 fully saturated rings. The summed E-state index contributed by atoms with van der Waals surface area (Å²) in [5.41, 5.74) is 6.20. The van der Waals surface area contributed by atoms with Crippen molar-refractivity contribution in [2.75, 3.05) is 18.6 Å². The molecule has 0 radical (unpaired) electrons. The fraction of sp³-hybridized carbons (Fsp3) is 0.300. The van der Waals surface area contributed by atoms with E-state index in [1.165, 1.54) is 6.07 Å². The van der Waals surface area contributed by atoms with Gasteiger partial charge in [0.05, 0.1) is 6.61 Å². The zero-order valence-electron chi connectivity index (χ0n) is 9.24. The average molecular weight is 258 g/mol. The minimum absolute atomic E-state index is 0.123. The van der Waals surface area contributed by atoms with Gasteiger partial charge in [0.15, 0.2) is 9.84 Å². The van der Waals surface area contributed by atoms with Crippen LogP contribution in [-0.2, 0) is 9.84 Å². The molecular weight excluding hydrogens is 244 g/mol. The fourth-order valence-electron chi connectivity index (χ4n) is 1.43. The van der Waals surface area contributed by atoms with Crippen molar-refractivity contribution in [2.24, 2.45) is 5.16 Å².